The van der Waals surface area contributed by atoms with E-state index in [1.54, 1.807) is 0 Å². The third kappa shape index (κ3) is 2.95. The van der Waals surface area contributed by atoms with Crippen molar-refractivity contribution in [1.29, 1.82) is 0 Å². The molecule has 0 spiro atoms. The van der Waals surface area contributed by atoms with Crippen molar-refractivity contribution in [3.05, 3.63) is 47.3 Å². The Morgan fingerprint density at radius 1 is 1.20 bits per heavy atom. The standard InChI is InChI=1S/C18H26N2/c1-7-14(3)16-12-17(18(4,5)6)19-20(16)15-10-8-9-13(2)11-15/h8-12,14H,7H2,1-6H3. The van der Waals surface area contributed by atoms with E-state index in [0.717, 1.165) is 17.8 Å². The van der Waals surface area contributed by atoms with Gasteiger partial charge in [0.25, 0.3) is 0 Å². The summed E-state index contributed by atoms with van der Waals surface area (Å²) in [6, 6.07) is 10.8. The summed E-state index contributed by atoms with van der Waals surface area (Å²) < 4.78 is 2.13. The molecule has 0 bridgehead atoms. The molecule has 0 fully saturated rings. The van der Waals surface area contributed by atoms with Crippen LogP contribution >= 0.6 is 0 Å². The molecule has 0 saturated carbocycles. The molecule has 1 heterocycles. The van der Waals surface area contributed by atoms with Crippen molar-refractivity contribution >= 4 is 0 Å². The molecule has 0 amide bonds. The van der Waals surface area contributed by atoms with Gasteiger partial charge in [-0.05, 0) is 43.0 Å². The molecule has 0 saturated heterocycles. The minimum Gasteiger partial charge on any atom is -0.237 e. The second-order valence-corrected chi connectivity index (χ2v) is 6.76. The van der Waals surface area contributed by atoms with Gasteiger partial charge in [0.1, 0.15) is 0 Å². The molecule has 20 heavy (non-hydrogen) atoms. The van der Waals surface area contributed by atoms with Gasteiger partial charge < -0.3 is 0 Å². The van der Waals surface area contributed by atoms with Crippen LogP contribution in [-0.2, 0) is 5.41 Å². The number of hydrogen-bond acceptors (Lipinski definition) is 1. The third-order valence-corrected chi connectivity index (χ3v) is 3.87. The van der Waals surface area contributed by atoms with E-state index in [4.69, 9.17) is 5.10 Å². The van der Waals surface area contributed by atoms with E-state index in [9.17, 15) is 0 Å². The van der Waals surface area contributed by atoms with Crippen LogP contribution in [0.2, 0.25) is 0 Å². The van der Waals surface area contributed by atoms with Gasteiger partial charge in [-0.15, -0.1) is 0 Å². The van der Waals surface area contributed by atoms with E-state index in [2.05, 4.69) is 76.6 Å². The third-order valence-electron chi connectivity index (χ3n) is 3.87. The van der Waals surface area contributed by atoms with Gasteiger partial charge in [0, 0.05) is 11.1 Å². The summed E-state index contributed by atoms with van der Waals surface area (Å²) in [6.45, 7) is 13.3. The van der Waals surface area contributed by atoms with Crippen LogP contribution < -0.4 is 0 Å². The lowest BCUT2D eigenvalue weighted by Gasteiger charge is -2.14. The Balaban J connectivity index is 2.58. The fourth-order valence-corrected chi connectivity index (χ4v) is 2.29. The normalized spacial score (nSPS) is 13.5. The molecule has 2 nitrogen and oxygen atoms in total. The zero-order chi connectivity index (χ0) is 14.9. The van der Waals surface area contributed by atoms with E-state index in [-0.39, 0.29) is 5.41 Å². The van der Waals surface area contributed by atoms with Crippen molar-refractivity contribution in [3.63, 3.8) is 0 Å². The summed E-state index contributed by atoms with van der Waals surface area (Å²) >= 11 is 0. The predicted molar refractivity (Wildman–Crippen MR) is 85.7 cm³/mol. The van der Waals surface area contributed by atoms with Crippen molar-refractivity contribution < 1.29 is 0 Å². The highest BCUT2D eigenvalue weighted by Crippen LogP contribution is 2.28. The molecule has 0 aliphatic heterocycles. The summed E-state index contributed by atoms with van der Waals surface area (Å²) in [5.41, 5.74) is 4.98. The monoisotopic (exact) mass is 270 g/mol. The Kier molecular flexibility index (Phi) is 4.03. The van der Waals surface area contributed by atoms with Gasteiger partial charge in [-0.25, -0.2) is 4.68 Å². The number of nitrogens with zero attached hydrogens (tertiary/aromatic N) is 2. The lowest BCUT2D eigenvalue weighted by atomic mass is 9.91. The molecule has 2 rings (SSSR count). The van der Waals surface area contributed by atoms with E-state index < -0.39 is 0 Å². The Morgan fingerprint density at radius 3 is 2.45 bits per heavy atom. The van der Waals surface area contributed by atoms with Gasteiger partial charge in [-0.2, -0.15) is 5.10 Å². The lowest BCUT2D eigenvalue weighted by molar-refractivity contribution is 0.559. The molecule has 1 unspecified atom stereocenters. The Morgan fingerprint density at radius 2 is 1.90 bits per heavy atom. The maximum atomic E-state index is 4.88. The molecule has 1 aromatic heterocycles. The fourth-order valence-electron chi connectivity index (χ4n) is 2.29. The molecular formula is C18H26N2. The van der Waals surface area contributed by atoms with Crippen LogP contribution in [0.25, 0.3) is 5.69 Å². The van der Waals surface area contributed by atoms with Crippen LogP contribution in [0.5, 0.6) is 0 Å². The van der Waals surface area contributed by atoms with Gasteiger partial charge in [0.2, 0.25) is 0 Å². The quantitative estimate of drug-likeness (QED) is 0.768. The Labute approximate surface area is 122 Å². The van der Waals surface area contributed by atoms with Crippen molar-refractivity contribution in [2.45, 2.75) is 59.3 Å². The van der Waals surface area contributed by atoms with Crippen LogP contribution in [0.15, 0.2) is 30.3 Å². The topological polar surface area (TPSA) is 17.8 Å². The zero-order valence-electron chi connectivity index (χ0n) is 13.6. The van der Waals surface area contributed by atoms with Crippen LogP contribution in [0.1, 0.15) is 63.9 Å². The first kappa shape index (κ1) is 14.8. The first-order chi connectivity index (χ1) is 9.32. The largest absolute Gasteiger partial charge is 0.237 e. The van der Waals surface area contributed by atoms with Crippen molar-refractivity contribution in [2.75, 3.05) is 0 Å². The van der Waals surface area contributed by atoms with E-state index >= 15 is 0 Å². The predicted octanol–water partition coefficient (Wildman–Crippen LogP) is 4.99. The smallest absolute Gasteiger partial charge is 0.0685 e. The summed E-state index contributed by atoms with van der Waals surface area (Å²) in [4.78, 5) is 0. The van der Waals surface area contributed by atoms with Crippen molar-refractivity contribution in [3.8, 4) is 5.69 Å². The Hall–Kier alpha value is -1.57. The molecular weight excluding hydrogens is 244 g/mol. The molecule has 0 radical (unpaired) electrons. The lowest BCUT2D eigenvalue weighted by Crippen LogP contribution is -2.12. The average Bonchev–Trinajstić information content (AvgIpc) is 2.82. The summed E-state index contributed by atoms with van der Waals surface area (Å²) in [5.74, 6) is 0.513. The SMILES string of the molecule is CCC(C)c1cc(C(C)(C)C)nn1-c1cccc(C)c1. The van der Waals surface area contributed by atoms with Gasteiger partial charge in [0.05, 0.1) is 11.4 Å². The summed E-state index contributed by atoms with van der Waals surface area (Å²) in [7, 11) is 0. The fraction of sp³-hybridized carbons (Fsp3) is 0.500. The molecule has 2 heteroatoms. The molecule has 0 aliphatic rings. The second-order valence-electron chi connectivity index (χ2n) is 6.76. The van der Waals surface area contributed by atoms with Gasteiger partial charge in [-0.3, -0.25) is 0 Å². The minimum atomic E-state index is 0.0806. The molecule has 1 aromatic carbocycles. The molecule has 1 atom stereocenters. The molecule has 0 aliphatic carbocycles. The Bertz CT molecular complexity index is 588. The highest BCUT2D eigenvalue weighted by Gasteiger charge is 2.22. The van der Waals surface area contributed by atoms with E-state index in [0.29, 0.717) is 5.92 Å². The van der Waals surface area contributed by atoms with Crippen molar-refractivity contribution in [2.24, 2.45) is 0 Å². The summed E-state index contributed by atoms with van der Waals surface area (Å²) in [5, 5.41) is 4.88. The van der Waals surface area contributed by atoms with Crippen LogP contribution in [0.4, 0.5) is 0 Å². The number of benzene rings is 1. The molecule has 2 aromatic rings. The number of aryl methyl sites for hydroxylation is 1. The highest BCUT2D eigenvalue weighted by atomic mass is 15.3. The van der Waals surface area contributed by atoms with Gasteiger partial charge in [-0.1, -0.05) is 46.8 Å². The van der Waals surface area contributed by atoms with Crippen LogP contribution in [-0.4, -0.2) is 9.78 Å². The molecule has 108 valence electrons. The number of aromatic nitrogens is 2. The zero-order valence-corrected chi connectivity index (χ0v) is 13.6. The van der Waals surface area contributed by atoms with Gasteiger partial charge in [0.15, 0.2) is 0 Å². The van der Waals surface area contributed by atoms with Crippen LogP contribution in [0, 0.1) is 6.92 Å². The average molecular weight is 270 g/mol. The highest BCUT2D eigenvalue weighted by molar-refractivity contribution is 5.38. The van der Waals surface area contributed by atoms with Gasteiger partial charge >= 0.3 is 0 Å². The van der Waals surface area contributed by atoms with Crippen LogP contribution in [0.3, 0.4) is 0 Å². The second kappa shape index (κ2) is 5.43. The van der Waals surface area contributed by atoms with E-state index in [1.165, 1.54) is 11.3 Å². The molecule has 0 N–H and O–H groups in total. The minimum absolute atomic E-state index is 0.0806. The maximum absolute atomic E-state index is 4.88. The van der Waals surface area contributed by atoms with E-state index in [1.807, 2.05) is 0 Å². The summed E-state index contributed by atoms with van der Waals surface area (Å²) in [6.07, 6.45) is 1.13. The number of rotatable bonds is 3. The van der Waals surface area contributed by atoms with Crippen molar-refractivity contribution in [1.82, 2.24) is 9.78 Å². The maximum Gasteiger partial charge on any atom is 0.0685 e. The number of hydrogen-bond donors (Lipinski definition) is 0. The first-order valence-corrected chi connectivity index (χ1v) is 7.50. The first-order valence-electron chi connectivity index (χ1n) is 7.50.